The standard InChI is InChI=1S/C25H25NO4/c1-16-6-5-7-22(14-16)29-19(4)25(28)30-21-12-10-20(11-13-21)24(27)26-23-15-17(2)8-9-18(23)3/h5-15,19H,1-4H3,(H,26,27). The summed E-state index contributed by atoms with van der Waals surface area (Å²) in [6.45, 7) is 7.50. The maximum atomic E-state index is 12.5. The zero-order chi connectivity index (χ0) is 21.7. The second-order valence-corrected chi connectivity index (χ2v) is 7.29. The van der Waals surface area contributed by atoms with Gasteiger partial charge in [0.25, 0.3) is 5.91 Å². The Hall–Kier alpha value is -3.60. The lowest BCUT2D eigenvalue weighted by molar-refractivity contribution is -0.141. The largest absolute Gasteiger partial charge is 0.479 e. The lowest BCUT2D eigenvalue weighted by atomic mass is 10.1. The Morgan fingerprint density at radius 3 is 2.23 bits per heavy atom. The molecule has 0 aliphatic heterocycles. The number of nitrogens with one attached hydrogen (secondary N) is 1. The fourth-order valence-electron chi connectivity index (χ4n) is 2.88. The molecular weight excluding hydrogens is 378 g/mol. The van der Waals surface area contributed by atoms with Crippen molar-refractivity contribution in [3.63, 3.8) is 0 Å². The van der Waals surface area contributed by atoms with E-state index in [-0.39, 0.29) is 5.91 Å². The van der Waals surface area contributed by atoms with E-state index in [0.29, 0.717) is 17.1 Å². The topological polar surface area (TPSA) is 64.6 Å². The minimum atomic E-state index is -0.765. The minimum absolute atomic E-state index is 0.224. The number of benzene rings is 3. The molecule has 1 amide bonds. The number of amides is 1. The van der Waals surface area contributed by atoms with Gasteiger partial charge in [-0.15, -0.1) is 0 Å². The van der Waals surface area contributed by atoms with E-state index in [0.717, 1.165) is 22.4 Å². The molecule has 0 heterocycles. The fraction of sp³-hybridized carbons (Fsp3) is 0.200. The Balaban J connectivity index is 1.60. The number of carbonyl (C=O) groups is 2. The number of hydrogen-bond donors (Lipinski definition) is 1. The van der Waals surface area contributed by atoms with Crippen LogP contribution in [0, 0.1) is 20.8 Å². The van der Waals surface area contributed by atoms with E-state index < -0.39 is 12.1 Å². The Kier molecular flexibility index (Phi) is 6.52. The molecule has 5 nitrogen and oxygen atoms in total. The molecule has 3 rings (SSSR count). The quantitative estimate of drug-likeness (QED) is 0.452. The first-order valence-corrected chi connectivity index (χ1v) is 9.75. The van der Waals surface area contributed by atoms with E-state index in [1.807, 2.05) is 57.2 Å². The first-order valence-electron chi connectivity index (χ1n) is 9.75. The zero-order valence-corrected chi connectivity index (χ0v) is 17.6. The fourth-order valence-corrected chi connectivity index (χ4v) is 2.88. The first-order chi connectivity index (χ1) is 14.3. The average molecular weight is 403 g/mol. The van der Waals surface area contributed by atoms with Crippen molar-refractivity contribution in [2.75, 3.05) is 5.32 Å². The maximum Gasteiger partial charge on any atom is 0.352 e. The van der Waals surface area contributed by atoms with Crippen LogP contribution in [0.15, 0.2) is 66.7 Å². The van der Waals surface area contributed by atoms with E-state index in [1.54, 1.807) is 37.3 Å². The summed E-state index contributed by atoms with van der Waals surface area (Å²) in [5, 5.41) is 2.91. The lowest BCUT2D eigenvalue weighted by Crippen LogP contribution is -2.28. The van der Waals surface area contributed by atoms with E-state index >= 15 is 0 Å². The second kappa shape index (κ2) is 9.27. The van der Waals surface area contributed by atoms with Crippen molar-refractivity contribution in [1.82, 2.24) is 0 Å². The van der Waals surface area contributed by atoms with Crippen LogP contribution in [0.1, 0.15) is 34.0 Å². The summed E-state index contributed by atoms with van der Waals surface area (Å²) in [7, 11) is 0. The summed E-state index contributed by atoms with van der Waals surface area (Å²) in [6, 6.07) is 19.8. The van der Waals surface area contributed by atoms with Gasteiger partial charge in [0, 0.05) is 11.3 Å². The molecule has 1 unspecified atom stereocenters. The third-order valence-corrected chi connectivity index (χ3v) is 4.61. The van der Waals surface area contributed by atoms with Crippen LogP contribution in [0.3, 0.4) is 0 Å². The van der Waals surface area contributed by atoms with Crippen molar-refractivity contribution in [1.29, 1.82) is 0 Å². The van der Waals surface area contributed by atoms with Gasteiger partial charge < -0.3 is 14.8 Å². The van der Waals surface area contributed by atoms with E-state index in [9.17, 15) is 9.59 Å². The van der Waals surface area contributed by atoms with Gasteiger partial charge in [0.1, 0.15) is 11.5 Å². The molecule has 0 radical (unpaired) electrons. The molecule has 1 atom stereocenters. The van der Waals surface area contributed by atoms with Crippen molar-refractivity contribution >= 4 is 17.6 Å². The van der Waals surface area contributed by atoms with Gasteiger partial charge in [-0.3, -0.25) is 4.79 Å². The Morgan fingerprint density at radius 2 is 1.53 bits per heavy atom. The molecule has 3 aromatic carbocycles. The van der Waals surface area contributed by atoms with Gasteiger partial charge in [-0.25, -0.2) is 4.79 Å². The highest BCUT2D eigenvalue weighted by Crippen LogP contribution is 2.20. The normalized spacial score (nSPS) is 11.5. The van der Waals surface area contributed by atoms with Gasteiger partial charge in [-0.05, 0) is 86.8 Å². The van der Waals surface area contributed by atoms with Crippen molar-refractivity contribution < 1.29 is 19.1 Å². The van der Waals surface area contributed by atoms with Gasteiger partial charge in [0.15, 0.2) is 6.10 Å². The number of esters is 1. The lowest BCUT2D eigenvalue weighted by Gasteiger charge is -2.14. The van der Waals surface area contributed by atoms with Gasteiger partial charge in [-0.2, -0.15) is 0 Å². The molecule has 0 aliphatic carbocycles. The molecule has 3 aromatic rings. The van der Waals surface area contributed by atoms with Crippen LogP contribution in [0.2, 0.25) is 0 Å². The summed E-state index contributed by atoms with van der Waals surface area (Å²) in [4.78, 5) is 24.8. The molecular formula is C25H25NO4. The molecule has 154 valence electrons. The number of rotatable bonds is 6. The van der Waals surface area contributed by atoms with Gasteiger partial charge >= 0.3 is 5.97 Å². The molecule has 1 N–H and O–H groups in total. The summed E-state index contributed by atoms with van der Waals surface area (Å²) in [5.74, 6) is 0.225. The highest BCUT2D eigenvalue weighted by molar-refractivity contribution is 6.04. The minimum Gasteiger partial charge on any atom is -0.479 e. The van der Waals surface area contributed by atoms with Crippen molar-refractivity contribution in [3.8, 4) is 11.5 Å². The third-order valence-electron chi connectivity index (χ3n) is 4.61. The summed E-state index contributed by atoms with van der Waals surface area (Å²) in [6.07, 6.45) is -0.765. The van der Waals surface area contributed by atoms with E-state index in [1.165, 1.54) is 0 Å². The number of hydrogen-bond acceptors (Lipinski definition) is 4. The van der Waals surface area contributed by atoms with Crippen molar-refractivity contribution in [3.05, 3.63) is 89.0 Å². The summed E-state index contributed by atoms with van der Waals surface area (Å²) in [5.41, 5.74) is 4.35. The summed E-state index contributed by atoms with van der Waals surface area (Å²) < 4.78 is 11.0. The Morgan fingerprint density at radius 1 is 0.833 bits per heavy atom. The van der Waals surface area contributed by atoms with Crippen LogP contribution in [-0.4, -0.2) is 18.0 Å². The molecule has 0 fully saturated rings. The predicted molar refractivity (Wildman–Crippen MR) is 117 cm³/mol. The first kappa shape index (κ1) is 21.1. The number of aryl methyl sites for hydroxylation is 3. The van der Waals surface area contributed by atoms with E-state index in [2.05, 4.69) is 5.32 Å². The Labute approximate surface area is 176 Å². The van der Waals surface area contributed by atoms with Crippen LogP contribution in [0.25, 0.3) is 0 Å². The SMILES string of the molecule is Cc1cccc(OC(C)C(=O)Oc2ccc(C(=O)Nc3cc(C)ccc3C)cc2)c1. The van der Waals surface area contributed by atoms with Crippen LogP contribution in [0.4, 0.5) is 5.69 Å². The van der Waals surface area contributed by atoms with Crippen molar-refractivity contribution in [2.45, 2.75) is 33.8 Å². The maximum absolute atomic E-state index is 12.5. The molecule has 0 spiro atoms. The van der Waals surface area contributed by atoms with Gasteiger partial charge in [0.2, 0.25) is 0 Å². The smallest absolute Gasteiger partial charge is 0.352 e. The molecule has 5 heteroatoms. The monoisotopic (exact) mass is 403 g/mol. The highest BCUT2D eigenvalue weighted by Gasteiger charge is 2.18. The third kappa shape index (κ3) is 5.47. The van der Waals surface area contributed by atoms with Crippen LogP contribution in [0.5, 0.6) is 11.5 Å². The van der Waals surface area contributed by atoms with Crippen LogP contribution >= 0.6 is 0 Å². The van der Waals surface area contributed by atoms with Gasteiger partial charge in [-0.1, -0.05) is 24.3 Å². The number of carbonyl (C=O) groups excluding carboxylic acids is 2. The average Bonchev–Trinajstić information content (AvgIpc) is 2.71. The predicted octanol–water partition coefficient (Wildman–Crippen LogP) is 5.24. The molecule has 0 aromatic heterocycles. The van der Waals surface area contributed by atoms with Gasteiger partial charge in [0.05, 0.1) is 0 Å². The second-order valence-electron chi connectivity index (χ2n) is 7.29. The molecule has 0 bridgehead atoms. The highest BCUT2D eigenvalue weighted by atomic mass is 16.6. The van der Waals surface area contributed by atoms with Crippen LogP contribution in [-0.2, 0) is 4.79 Å². The Bertz CT molecular complexity index is 1060. The van der Waals surface area contributed by atoms with E-state index in [4.69, 9.17) is 9.47 Å². The molecule has 0 saturated heterocycles. The zero-order valence-electron chi connectivity index (χ0n) is 17.6. The molecule has 0 aliphatic rings. The molecule has 30 heavy (non-hydrogen) atoms. The summed E-state index contributed by atoms with van der Waals surface area (Å²) >= 11 is 0. The molecule has 0 saturated carbocycles. The number of anilines is 1. The number of ether oxygens (including phenoxy) is 2. The van der Waals surface area contributed by atoms with Crippen LogP contribution < -0.4 is 14.8 Å². The van der Waals surface area contributed by atoms with Crippen molar-refractivity contribution in [2.24, 2.45) is 0 Å².